The quantitative estimate of drug-likeness (QED) is 0.504. The second-order valence-corrected chi connectivity index (χ2v) is 6.04. The van der Waals surface area contributed by atoms with Crippen molar-refractivity contribution < 1.29 is 9.53 Å². The Morgan fingerprint density at radius 2 is 1.93 bits per heavy atom. The average Bonchev–Trinajstić information content (AvgIpc) is 3.15. The third kappa shape index (κ3) is 2.85. The summed E-state index contributed by atoms with van der Waals surface area (Å²) >= 11 is 0. The van der Waals surface area contributed by atoms with Crippen molar-refractivity contribution in [2.24, 2.45) is 0 Å². The maximum atomic E-state index is 12.2. The van der Waals surface area contributed by atoms with Crippen molar-refractivity contribution in [3.05, 3.63) is 60.6 Å². The van der Waals surface area contributed by atoms with Crippen LogP contribution in [0, 0.1) is 0 Å². The smallest absolute Gasteiger partial charge is 0.159 e. The molecule has 27 heavy (non-hydrogen) atoms. The molecule has 0 bridgehead atoms. The van der Waals surface area contributed by atoms with E-state index in [9.17, 15) is 4.79 Å². The summed E-state index contributed by atoms with van der Waals surface area (Å²) < 4.78 is 7.14. The Morgan fingerprint density at radius 1 is 1.11 bits per heavy atom. The second kappa shape index (κ2) is 6.99. The van der Waals surface area contributed by atoms with Crippen LogP contribution < -0.4 is 4.74 Å². The Morgan fingerprint density at radius 3 is 2.63 bits per heavy atom. The first-order chi connectivity index (χ1) is 13.3. The fourth-order valence-electron chi connectivity index (χ4n) is 3.24. The first kappa shape index (κ1) is 16.9. The minimum absolute atomic E-state index is 0.513. The lowest BCUT2D eigenvalue weighted by Crippen LogP contribution is -2.02. The number of aromatic nitrogens is 4. The number of hydrogen-bond acceptors (Lipinski definition) is 5. The first-order valence-corrected chi connectivity index (χ1v) is 8.66. The van der Waals surface area contributed by atoms with E-state index in [4.69, 9.17) is 9.72 Å². The van der Waals surface area contributed by atoms with Gasteiger partial charge in [0, 0.05) is 40.4 Å². The third-order valence-corrected chi connectivity index (χ3v) is 4.53. The highest BCUT2D eigenvalue weighted by Crippen LogP contribution is 2.36. The number of fused-ring (bicyclic) bond motifs is 1. The number of ether oxygens (including phenoxy) is 1. The largest absolute Gasteiger partial charge is 0.495 e. The zero-order chi connectivity index (χ0) is 18.8. The maximum Gasteiger partial charge on any atom is 0.159 e. The van der Waals surface area contributed by atoms with Crippen molar-refractivity contribution in [3.63, 3.8) is 0 Å². The number of aryl methyl sites for hydroxylation is 1. The van der Waals surface area contributed by atoms with E-state index in [1.807, 2.05) is 48.0 Å². The molecule has 0 spiro atoms. The lowest BCUT2D eigenvalue weighted by molar-refractivity contribution is 0.112. The number of rotatable bonds is 5. The van der Waals surface area contributed by atoms with E-state index in [1.165, 1.54) is 0 Å². The van der Waals surface area contributed by atoms with Crippen LogP contribution >= 0.6 is 0 Å². The monoisotopic (exact) mass is 358 g/mol. The van der Waals surface area contributed by atoms with E-state index < -0.39 is 0 Å². The molecule has 3 aromatic heterocycles. The fraction of sp³-hybridized carbons (Fsp3) is 0.143. The van der Waals surface area contributed by atoms with Gasteiger partial charge in [-0.3, -0.25) is 9.78 Å². The number of pyridine rings is 2. The van der Waals surface area contributed by atoms with Crippen LogP contribution in [0.1, 0.15) is 17.3 Å². The van der Waals surface area contributed by atoms with Crippen molar-refractivity contribution >= 4 is 17.3 Å². The van der Waals surface area contributed by atoms with Crippen molar-refractivity contribution in [2.75, 3.05) is 7.11 Å². The van der Waals surface area contributed by atoms with Crippen molar-refractivity contribution in [2.45, 2.75) is 13.5 Å². The summed E-state index contributed by atoms with van der Waals surface area (Å²) in [6, 6.07) is 11.6. The zero-order valence-corrected chi connectivity index (χ0v) is 15.1. The van der Waals surface area contributed by atoms with Crippen LogP contribution in [0.15, 0.2) is 55.0 Å². The van der Waals surface area contributed by atoms with Gasteiger partial charge >= 0.3 is 0 Å². The van der Waals surface area contributed by atoms with Crippen molar-refractivity contribution in [1.82, 2.24) is 19.7 Å². The predicted molar refractivity (Wildman–Crippen MR) is 104 cm³/mol. The molecule has 3 heterocycles. The topological polar surface area (TPSA) is 69.9 Å². The summed E-state index contributed by atoms with van der Waals surface area (Å²) in [6.45, 7) is 2.69. The Balaban J connectivity index is 2.12. The van der Waals surface area contributed by atoms with Gasteiger partial charge in [0.15, 0.2) is 11.9 Å². The molecule has 4 aromatic rings. The van der Waals surface area contributed by atoms with Crippen LogP contribution in [0.4, 0.5) is 0 Å². The van der Waals surface area contributed by atoms with Crippen molar-refractivity contribution in [3.8, 4) is 28.1 Å². The Kier molecular flexibility index (Phi) is 4.38. The molecule has 0 radical (unpaired) electrons. The van der Waals surface area contributed by atoms with Gasteiger partial charge in [-0.05, 0) is 13.0 Å². The normalized spacial score (nSPS) is 10.9. The zero-order valence-electron chi connectivity index (χ0n) is 15.1. The number of benzene rings is 1. The molecular formula is C21H18N4O2. The molecule has 0 aliphatic rings. The van der Waals surface area contributed by atoms with E-state index in [0.717, 1.165) is 34.0 Å². The van der Waals surface area contributed by atoms with Gasteiger partial charge in [0.1, 0.15) is 5.75 Å². The van der Waals surface area contributed by atoms with Gasteiger partial charge in [0.05, 0.1) is 25.2 Å². The predicted octanol–water partition coefficient (Wildman–Crippen LogP) is 4.00. The highest BCUT2D eigenvalue weighted by molar-refractivity contribution is 6.06. The highest BCUT2D eigenvalue weighted by Gasteiger charge is 2.20. The summed E-state index contributed by atoms with van der Waals surface area (Å²) in [4.78, 5) is 21.2. The molecule has 0 fully saturated rings. The molecule has 0 N–H and O–H groups in total. The van der Waals surface area contributed by atoms with Gasteiger partial charge in [-0.15, -0.1) is 0 Å². The van der Waals surface area contributed by atoms with E-state index >= 15 is 0 Å². The van der Waals surface area contributed by atoms with Crippen LogP contribution in [-0.2, 0) is 6.54 Å². The van der Waals surface area contributed by atoms with E-state index in [2.05, 4.69) is 10.1 Å². The number of hydrogen-bond donors (Lipinski definition) is 0. The molecule has 6 heteroatoms. The average molecular weight is 358 g/mol. The lowest BCUT2D eigenvalue weighted by atomic mass is 9.95. The minimum atomic E-state index is 0.513. The number of carbonyl (C=O) groups excluding carboxylic acids is 1. The summed E-state index contributed by atoms with van der Waals surface area (Å²) in [5.41, 5.74) is 4.31. The maximum absolute atomic E-state index is 12.2. The number of aldehydes is 1. The molecule has 0 unspecified atom stereocenters. The third-order valence-electron chi connectivity index (χ3n) is 4.53. The highest BCUT2D eigenvalue weighted by atomic mass is 16.5. The summed E-state index contributed by atoms with van der Waals surface area (Å²) in [5, 5.41) is 5.25. The van der Waals surface area contributed by atoms with Crippen LogP contribution in [0.25, 0.3) is 33.4 Å². The minimum Gasteiger partial charge on any atom is -0.495 e. The van der Waals surface area contributed by atoms with E-state index in [-0.39, 0.29) is 0 Å². The van der Waals surface area contributed by atoms with Crippen LogP contribution in [-0.4, -0.2) is 33.1 Å². The molecule has 0 saturated carbocycles. The molecule has 0 aliphatic carbocycles. The molecule has 0 atom stereocenters. The molecule has 134 valence electrons. The Bertz CT molecular complexity index is 1120. The summed E-state index contributed by atoms with van der Waals surface area (Å²) in [7, 11) is 1.59. The van der Waals surface area contributed by atoms with Crippen LogP contribution in [0.2, 0.25) is 0 Å². The van der Waals surface area contributed by atoms with Gasteiger partial charge in [-0.2, -0.15) is 5.10 Å². The number of methoxy groups -OCH3 is 1. The molecule has 0 aliphatic heterocycles. The molecular weight excluding hydrogens is 340 g/mol. The fourth-order valence-corrected chi connectivity index (χ4v) is 3.24. The van der Waals surface area contributed by atoms with Gasteiger partial charge in [-0.25, -0.2) is 9.67 Å². The molecule has 4 rings (SSSR count). The van der Waals surface area contributed by atoms with Gasteiger partial charge in [-0.1, -0.05) is 30.3 Å². The second-order valence-electron chi connectivity index (χ2n) is 6.04. The molecule has 0 saturated heterocycles. The Hall–Kier alpha value is -3.54. The van der Waals surface area contributed by atoms with Gasteiger partial charge in [0.2, 0.25) is 0 Å². The lowest BCUT2D eigenvalue weighted by Gasteiger charge is -2.13. The van der Waals surface area contributed by atoms with Crippen LogP contribution in [0.3, 0.4) is 0 Å². The standard InChI is InChI=1S/C21H18N4O2/c1-3-25-21-17(12-23-25)19(15-9-16(27-2)11-22-10-15)18(13-26)20(24-21)14-7-5-4-6-8-14/h4-13H,3H2,1-2H3. The SMILES string of the molecule is CCn1ncc2c(-c3cncc(OC)c3)c(C=O)c(-c3ccccc3)nc21. The molecule has 6 nitrogen and oxygen atoms in total. The summed E-state index contributed by atoms with van der Waals surface area (Å²) in [5.74, 6) is 0.624. The first-order valence-electron chi connectivity index (χ1n) is 8.66. The van der Waals surface area contributed by atoms with Crippen LogP contribution in [0.5, 0.6) is 5.75 Å². The summed E-state index contributed by atoms with van der Waals surface area (Å²) in [6.07, 6.45) is 5.97. The van der Waals surface area contributed by atoms with Gasteiger partial charge < -0.3 is 4.74 Å². The van der Waals surface area contributed by atoms with Crippen molar-refractivity contribution in [1.29, 1.82) is 0 Å². The Labute approximate surface area is 156 Å². The van der Waals surface area contributed by atoms with Gasteiger partial charge in [0.25, 0.3) is 0 Å². The number of carbonyl (C=O) groups is 1. The molecule has 1 aromatic carbocycles. The molecule has 0 amide bonds. The van der Waals surface area contributed by atoms with E-state index in [1.54, 1.807) is 25.7 Å². The number of nitrogens with zero attached hydrogens (tertiary/aromatic N) is 4. The van der Waals surface area contributed by atoms with E-state index in [0.29, 0.717) is 23.6 Å².